The van der Waals surface area contributed by atoms with Gasteiger partial charge in [0, 0.05) is 36.6 Å². The molecule has 1 aliphatic rings. The van der Waals surface area contributed by atoms with E-state index in [4.69, 9.17) is 9.47 Å². The second kappa shape index (κ2) is 9.25. The number of methoxy groups -OCH3 is 1. The Morgan fingerprint density at radius 3 is 2.53 bits per heavy atom. The predicted molar refractivity (Wildman–Crippen MR) is 111 cm³/mol. The molecule has 0 unspecified atom stereocenters. The Hall–Kier alpha value is -3.62. The van der Waals surface area contributed by atoms with Gasteiger partial charge in [-0.3, -0.25) is 14.9 Å². The fraction of sp³-hybridized carbons (Fsp3) is 0.333. The zero-order valence-corrected chi connectivity index (χ0v) is 16.8. The smallest absolute Gasteiger partial charge is 0.342 e. The number of nitro groups is 1. The van der Waals surface area contributed by atoms with Crippen molar-refractivity contribution in [1.82, 2.24) is 0 Å². The molecule has 1 saturated heterocycles. The van der Waals surface area contributed by atoms with E-state index in [0.29, 0.717) is 5.69 Å². The molecule has 30 heavy (non-hydrogen) atoms. The van der Waals surface area contributed by atoms with Gasteiger partial charge in [0.05, 0.1) is 12.0 Å². The van der Waals surface area contributed by atoms with Gasteiger partial charge < -0.3 is 19.7 Å². The molecule has 9 nitrogen and oxygen atoms in total. The SMILES string of the molecule is COc1ccc([N+](=O)[O-])cc1C(=O)OCC(=O)Nc1ccc(N2CCCC2)cc1C. The van der Waals surface area contributed by atoms with Crippen LogP contribution in [0.5, 0.6) is 5.75 Å². The van der Waals surface area contributed by atoms with Gasteiger partial charge in [-0.25, -0.2) is 4.79 Å². The Morgan fingerprint density at radius 2 is 1.90 bits per heavy atom. The molecule has 158 valence electrons. The van der Waals surface area contributed by atoms with Crippen LogP contribution in [0.2, 0.25) is 0 Å². The normalized spacial score (nSPS) is 13.1. The summed E-state index contributed by atoms with van der Waals surface area (Å²) in [6, 6.07) is 9.37. The average molecular weight is 413 g/mol. The third-order valence-electron chi connectivity index (χ3n) is 4.90. The summed E-state index contributed by atoms with van der Waals surface area (Å²) in [5, 5.41) is 13.6. The van der Waals surface area contributed by atoms with E-state index in [2.05, 4.69) is 10.2 Å². The minimum Gasteiger partial charge on any atom is -0.496 e. The fourth-order valence-electron chi connectivity index (χ4n) is 3.32. The third kappa shape index (κ3) is 4.86. The molecule has 1 fully saturated rings. The molecule has 1 amide bonds. The molecule has 1 heterocycles. The molecule has 0 bridgehead atoms. The van der Waals surface area contributed by atoms with Crippen molar-refractivity contribution in [1.29, 1.82) is 0 Å². The molecule has 0 radical (unpaired) electrons. The number of nitrogens with zero attached hydrogens (tertiary/aromatic N) is 2. The zero-order valence-electron chi connectivity index (χ0n) is 16.8. The van der Waals surface area contributed by atoms with Gasteiger partial charge in [0.25, 0.3) is 11.6 Å². The number of non-ortho nitro benzene ring substituents is 1. The highest BCUT2D eigenvalue weighted by molar-refractivity contribution is 5.97. The maximum Gasteiger partial charge on any atom is 0.342 e. The number of carbonyl (C=O) groups is 2. The number of esters is 1. The van der Waals surface area contributed by atoms with Gasteiger partial charge >= 0.3 is 5.97 Å². The molecule has 0 spiro atoms. The van der Waals surface area contributed by atoms with Crippen molar-refractivity contribution in [2.24, 2.45) is 0 Å². The Balaban J connectivity index is 1.61. The van der Waals surface area contributed by atoms with Crippen LogP contribution in [0.1, 0.15) is 28.8 Å². The summed E-state index contributed by atoms with van der Waals surface area (Å²) in [6.45, 7) is 3.43. The molecule has 1 N–H and O–H groups in total. The van der Waals surface area contributed by atoms with E-state index in [1.807, 2.05) is 25.1 Å². The van der Waals surface area contributed by atoms with Crippen molar-refractivity contribution in [2.75, 3.05) is 37.0 Å². The minimum atomic E-state index is -0.883. The lowest BCUT2D eigenvalue weighted by atomic mass is 10.1. The number of carbonyl (C=O) groups excluding carboxylic acids is 2. The van der Waals surface area contributed by atoms with Crippen LogP contribution >= 0.6 is 0 Å². The molecular formula is C21H23N3O6. The van der Waals surface area contributed by atoms with Crippen molar-refractivity contribution in [3.8, 4) is 5.75 Å². The van der Waals surface area contributed by atoms with E-state index < -0.39 is 23.4 Å². The summed E-state index contributed by atoms with van der Waals surface area (Å²) >= 11 is 0. The average Bonchev–Trinajstić information content (AvgIpc) is 3.27. The number of hydrogen-bond acceptors (Lipinski definition) is 7. The summed E-state index contributed by atoms with van der Waals surface area (Å²) in [7, 11) is 1.33. The Kier molecular flexibility index (Phi) is 6.51. The van der Waals surface area contributed by atoms with E-state index in [1.165, 1.54) is 32.1 Å². The van der Waals surface area contributed by atoms with Gasteiger partial charge in [-0.1, -0.05) is 0 Å². The van der Waals surface area contributed by atoms with Gasteiger partial charge in [-0.15, -0.1) is 0 Å². The highest BCUT2D eigenvalue weighted by atomic mass is 16.6. The van der Waals surface area contributed by atoms with Gasteiger partial charge in [0.15, 0.2) is 6.61 Å². The minimum absolute atomic E-state index is 0.120. The fourth-order valence-corrected chi connectivity index (χ4v) is 3.32. The van der Waals surface area contributed by atoms with Crippen LogP contribution in [0, 0.1) is 17.0 Å². The molecule has 3 rings (SSSR count). The number of nitro benzene ring substituents is 1. The molecule has 1 aliphatic heterocycles. The Bertz CT molecular complexity index is 969. The lowest BCUT2D eigenvalue weighted by Gasteiger charge is -2.19. The summed E-state index contributed by atoms with van der Waals surface area (Å²) in [5.41, 5.74) is 2.25. The highest BCUT2D eigenvalue weighted by Gasteiger charge is 2.20. The highest BCUT2D eigenvalue weighted by Crippen LogP contribution is 2.26. The summed E-state index contributed by atoms with van der Waals surface area (Å²) in [4.78, 5) is 37.1. The van der Waals surface area contributed by atoms with Gasteiger partial charge in [0.2, 0.25) is 0 Å². The zero-order chi connectivity index (χ0) is 21.7. The number of amides is 1. The first-order valence-corrected chi connectivity index (χ1v) is 9.54. The predicted octanol–water partition coefficient (Wildman–Crippen LogP) is 3.31. The quantitative estimate of drug-likeness (QED) is 0.421. The van der Waals surface area contributed by atoms with E-state index in [1.54, 1.807) is 0 Å². The van der Waals surface area contributed by atoms with Crippen molar-refractivity contribution < 1.29 is 24.0 Å². The summed E-state index contributed by atoms with van der Waals surface area (Å²) in [6.07, 6.45) is 2.36. The maximum atomic E-state index is 12.3. The lowest BCUT2D eigenvalue weighted by Crippen LogP contribution is -2.22. The first-order valence-electron chi connectivity index (χ1n) is 9.54. The monoisotopic (exact) mass is 413 g/mol. The first-order chi connectivity index (χ1) is 14.4. The first kappa shape index (κ1) is 21.1. The number of benzene rings is 2. The molecule has 0 aromatic heterocycles. The third-order valence-corrected chi connectivity index (χ3v) is 4.90. The standard InChI is InChI=1S/C21H23N3O6/c1-14-11-15(23-9-3-4-10-23)5-7-18(14)22-20(25)13-30-21(26)17-12-16(24(27)28)6-8-19(17)29-2/h5-8,11-12H,3-4,9-10,13H2,1-2H3,(H,22,25). The summed E-state index contributed by atoms with van der Waals surface area (Å²) in [5.74, 6) is -1.27. The van der Waals surface area contributed by atoms with Crippen LogP contribution in [0.25, 0.3) is 0 Å². The lowest BCUT2D eigenvalue weighted by molar-refractivity contribution is -0.384. The number of aryl methyl sites for hydroxylation is 1. The van der Waals surface area contributed by atoms with Crippen molar-refractivity contribution >= 4 is 28.9 Å². The van der Waals surface area contributed by atoms with Gasteiger partial charge in [-0.05, 0) is 49.6 Å². The number of rotatable bonds is 7. The second-order valence-electron chi connectivity index (χ2n) is 6.96. The molecular weight excluding hydrogens is 390 g/mol. The number of nitrogens with one attached hydrogen (secondary N) is 1. The largest absolute Gasteiger partial charge is 0.496 e. The van der Waals surface area contributed by atoms with Gasteiger partial charge in [-0.2, -0.15) is 0 Å². The molecule has 9 heteroatoms. The molecule has 0 saturated carbocycles. The second-order valence-corrected chi connectivity index (χ2v) is 6.96. The number of anilines is 2. The molecule has 0 aliphatic carbocycles. The van der Waals surface area contributed by atoms with Gasteiger partial charge in [0.1, 0.15) is 11.3 Å². The van der Waals surface area contributed by atoms with Crippen LogP contribution < -0.4 is 15.0 Å². The van der Waals surface area contributed by atoms with Crippen LogP contribution in [-0.2, 0) is 9.53 Å². The van der Waals surface area contributed by atoms with Crippen molar-refractivity contribution in [3.05, 3.63) is 57.6 Å². The van der Waals surface area contributed by atoms with E-state index in [0.717, 1.165) is 30.4 Å². The van der Waals surface area contributed by atoms with Crippen LogP contribution in [0.3, 0.4) is 0 Å². The topological polar surface area (TPSA) is 111 Å². The molecule has 0 atom stereocenters. The van der Waals surface area contributed by atoms with Crippen LogP contribution in [0.4, 0.5) is 17.1 Å². The number of ether oxygens (including phenoxy) is 2. The Morgan fingerprint density at radius 1 is 1.17 bits per heavy atom. The molecule has 2 aromatic rings. The van der Waals surface area contributed by atoms with E-state index in [9.17, 15) is 19.7 Å². The Labute approximate surface area is 173 Å². The van der Waals surface area contributed by atoms with E-state index >= 15 is 0 Å². The van der Waals surface area contributed by atoms with Crippen molar-refractivity contribution in [3.63, 3.8) is 0 Å². The van der Waals surface area contributed by atoms with Crippen LogP contribution in [-0.4, -0.2) is 43.6 Å². The number of hydrogen-bond donors (Lipinski definition) is 1. The van der Waals surface area contributed by atoms with E-state index in [-0.39, 0.29) is 17.0 Å². The van der Waals surface area contributed by atoms with Crippen molar-refractivity contribution in [2.45, 2.75) is 19.8 Å². The van der Waals surface area contributed by atoms with Crippen LogP contribution in [0.15, 0.2) is 36.4 Å². The molecule has 2 aromatic carbocycles. The maximum absolute atomic E-state index is 12.3. The summed E-state index contributed by atoms with van der Waals surface area (Å²) < 4.78 is 10.1.